The third-order valence-corrected chi connectivity index (χ3v) is 4.39. The van der Waals surface area contributed by atoms with Crippen molar-refractivity contribution in [1.29, 1.82) is 0 Å². The summed E-state index contributed by atoms with van der Waals surface area (Å²) in [5.41, 5.74) is 8.77. The molecule has 128 valence electrons. The van der Waals surface area contributed by atoms with Crippen molar-refractivity contribution in [3.05, 3.63) is 39.5 Å². The van der Waals surface area contributed by atoms with Crippen LogP contribution in [-0.2, 0) is 6.18 Å². The number of nitrogens with two attached hydrogens (primary N) is 1. The van der Waals surface area contributed by atoms with Crippen LogP contribution < -0.4 is 5.73 Å². The van der Waals surface area contributed by atoms with Crippen molar-refractivity contribution in [3.8, 4) is 17.2 Å². The Kier molecular flexibility index (Phi) is 4.95. The highest BCUT2D eigenvalue weighted by molar-refractivity contribution is 6.83. The molecule has 1 aromatic heterocycles. The third-order valence-electron chi connectivity index (χ3n) is 2.93. The summed E-state index contributed by atoms with van der Waals surface area (Å²) < 4.78 is 39.6. The summed E-state index contributed by atoms with van der Waals surface area (Å²) in [6.45, 7) is 6.22. The molecule has 24 heavy (non-hydrogen) atoms. The lowest BCUT2D eigenvalue weighted by molar-refractivity contribution is -0.137. The molecule has 0 aliphatic rings. The van der Waals surface area contributed by atoms with Gasteiger partial charge in [-0.05, 0) is 12.1 Å². The fraction of sp³-hybridized carbons (Fsp3) is 0.267. The fourth-order valence-corrected chi connectivity index (χ4v) is 2.98. The van der Waals surface area contributed by atoms with Gasteiger partial charge in [-0.25, -0.2) is 4.68 Å². The van der Waals surface area contributed by atoms with Gasteiger partial charge in [-0.15, -0.1) is 5.54 Å². The monoisotopic (exact) mass is 391 g/mol. The molecule has 0 bridgehead atoms. The fourth-order valence-electron chi connectivity index (χ4n) is 1.82. The quantitative estimate of drug-likeness (QED) is 0.548. The Morgan fingerprint density at radius 3 is 2.17 bits per heavy atom. The molecule has 0 spiro atoms. The van der Waals surface area contributed by atoms with E-state index in [0.717, 1.165) is 12.1 Å². The highest BCUT2D eigenvalue weighted by atomic mass is 35.5. The maximum Gasteiger partial charge on any atom is 0.416 e. The molecule has 9 heteroatoms. The van der Waals surface area contributed by atoms with E-state index in [1.54, 1.807) is 0 Å². The summed E-state index contributed by atoms with van der Waals surface area (Å²) in [5, 5.41) is 3.66. The number of hydrogen-bond acceptors (Lipinski definition) is 2. The first-order valence-electron chi connectivity index (χ1n) is 6.83. The van der Waals surface area contributed by atoms with E-state index in [9.17, 15) is 13.2 Å². The minimum Gasteiger partial charge on any atom is -0.383 e. The number of alkyl halides is 3. The first-order valence-corrected chi connectivity index (χ1v) is 11.1. The van der Waals surface area contributed by atoms with Gasteiger partial charge in [0.05, 0.1) is 27.4 Å². The lowest BCUT2D eigenvalue weighted by Crippen LogP contribution is -2.16. The van der Waals surface area contributed by atoms with E-state index in [2.05, 4.69) is 36.2 Å². The largest absolute Gasteiger partial charge is 0.416 e. The Balaban J connectivity index is 2.54. The van der Waals surface area contributed by atoms with E-state index in [4.69, 9.17) is 28.9 Å². The topological polar surface area (TPSA) is 43.8 Å². The molecule has 1 aromatic carbocycles. The van der Waals surface area contributed by atoms with Gasteiger partial charge in [0.25, 0.3) is 0 Å². The molecule has 0 amide bonds. The van der Waals surface area contributed by atoms with Crippen molar-refractivity contribution in [2.75, 3.05) is 5.73 Å². The van der Waals surface area contributed by atoms with E-state index in [1.165, 1.54) is 10.9 Å². The van der Waals surface area contributed by atoms with Gasteiger partial charge in [0.2, 0.25) is 0 Å². The second-order valence-electron chi connectivity index (χ2n) is 6.14. The molecule has 0 aliphatic carbocycles. The van der Waals surface area contributed by atoms with Crippen LogP contribution in [0.2, 0.25) is 29.7 Å². The molecule has 0 aliphatic heterocycles. The van der Waals surface area contributed by atoms with Gasteiger partial charge in [-0.1, -0.05) is 48.8 Å². The van der Waals surface area contributed by atoms with E-state index in [0.29, 0.717) is 5.56 Å². The van der Waals surface area contributed by atoms with Crippen LogP contribution in [-0.4, -0.2) is 17.9 Å². The van der Waals surface area contributed by atoms with E-state index in [-0.39, 0.29) is 21.6 Å². The molecule has 1 heterocycles. The maximum absolute atomic E-state index is 12.8. The highest BCUT2D eigenvalue weighted by Crippen LogP contribution is 2.38. The van der Waals surface area contributed by atoms with Crippen molar-refractivity contribution >= 4 is 37.1 Å². The number of hydrogen-bond donors (Lipinski definition) is 1. The van der Waals surface area contributed by atoms with E-state index < -0.39 is 19.8 Å². The summed E-state index contributed by atoms with van der Waals surface area (Å²) in [4.78, 5) is 0. The number of nitrogens with zero attached hydrogens (tertiary/aromatic N) is 2. The van der Waals surface area contributed by atoms with Crippen LogP contribution in [0.3, 0.4) is 0 Å². The highest BCUT2D eigenvalue weighted by Gasteiger charge is 2.32. The number of benzene rings is 1. The summed E-state index contributed by atoms with van der Waals surface area (Å²) in [6.07, 6.45) is -3.11. The van der Waals surface area contributed by atoms with Crippen molar-refractivity contribution < 1.29 is 13.2 Å². The zero-order valence-electron chi connectivity index (χ0n) is 13.1. The Bertz CT molecular complexity index is 819. The second kappa shape index (κ2) is 6.35. The molecule has 0 saturated carbocycles. The number of anilines is 1. The van der Waals surface area contributed by atoms with Crippen LogP contribution in [0, 0.1) is 11.5 Å². The van der Waals surface area contributed by atoms with Crippen LogP contribution >= 0.6 is 23.2 Å². The average Bonchev–Trinajstić information content (AvgIpc) is 2.75. The second-order valence-corrected chi connectivity index (χ2v) is 11.7. The molecule has 2 N–H and O–H groups in total. The summed E-state index contributed by atoms with van der Waals surface area (Å²) in [7, 11) is -1.61. The first kappa shape index (κ1) is 18.7. The van der Waals surface area contributed by atoms with Gasteiger partial charge in [0.15, 0.2) is 0 Å². The van der Waals surface area contributed by atoms with E-state index in [1.807, 2.05) is 0 Å². The molecule has 0 radical (unpaired) electrons. The van der Waals surface area contributed by atoms with Crippen LogP contribution in [0.25, 0.3) is 5.69 Å². The normalized spacial score (nSPS) is 12.0. The van der Waals surface area contributed by atoms with Crippen molar-refractivity contribution in [1.82, 2.24) is 9.78 Å². The Morgan fingerprint density at radius 2 is 1.71 bits per heavy atom. The minimum absolute atomic E-state index is 0.0879. The Morgan fingerprint density at radius 1 is 1.17 bits per heavy atom. The lowest BCUT2D eigenvalue weighted by Gasteiger charge is -2.13. The van der Waals surface area contributed by atoms with Gasteiger partial charge in [-0.3, -0.25) is 0 Å². The zero-order chi connectivity index (χ0) is 18.3. The standard InChI is InChI=1S/C15H14Cl2F3N3Si/c1-24(2,3)5-4-9-8-22-23(14(9)21)13-11(16)6-10(7-12(13)17)15(18,19)20/h6-8H,21H2,1-3H3. The van der Waals surface area contributed by atoms with Gasteiger partial charge >= 0.3 is 6.18 Å². The van der Waals surface area contributed by atoms with Gasteiger partial charge < -0.3 is 5.73 Å². The third kappa shape index (κ3) is 4.07. The Hall–Kier alpha value is -1.62. The summed E-state index contributed by atoms with van der Waals surface area (Å²) >= 11 is 12.0. The van der Waals surface area contributed by atoms with Crippen molar-refractivity contribution in [2.45, 2.75) is 25.8 Å². The summed E-state index contributed by atoms with van der Waals surface area (Å²) in [6, 6.07) is 1.58. The van der Waals surface area contributed by atoms with E-state index >= 15 is 0 Å². The predicted octanol–water partition coefficient (Wildman–Crippen LogP) is 5.01. The SMILES string of the molecule is C[Si](C)(C)C#Cc1cnn(-c2c(Cl)cc(C(F)(F)F)cc2Cl)c1N. The van der Waals surface area contributed by atoms with Gasteiger partial charge in [0.1, 0.15) is 19.6 Å². The summed E-state index contributed by atoms with van der Waals surface area (Å²) in [5.74, 6) is 3.13. The molecule has 2 aromatic rings. The molecule has 0 saturated heterocycles. The van der Waals surface area contributed by atoms with Crippen molar-refractivity contribution in [3.63, 3.8) is 0 Å². The van der Waals surface area contributed by atoms with Gasteiger partial charge in [0, 0.05) is 0 Å². The maximum atomic E-state index is 12.8. The first-order chi connectivity index (χ1) is 10.9. The van der Waals surface area contributed by atoms with Crippen LogP contribution in [0.5, 0.6) is 0 Å². The smallest absolute Gasteiger partial charge is 0.383 e. The lowest BCUT2D eigenvalue weighted by atomic mass is 10.2. The Labute approximate surface area is 148 Å². The van der Waals surface area contributed by atoms with Crippen molar-refractivity contribution in [2.24, 2.45) is 0 Å². The molecule has 3 nitrogen and oxygen atoms in total. The average molecular weight is 392 g/mol. The minimum atomic E-state index is -4.55. The molecule has 0 unspecified atom stereocenters. The number of nitrogen functional groups attached to an aromatic ring is 1. The van der Waals surface area contributed by atoms with Crippen LogP contribution in [0.15, 0.2) is 18.3 Å². The number of aromatic nitrogens is 2. The van der Waals surface area contributed by atoms with Gasteiger partial charge in [-0.2, -0.15) is 18.3 Å². The molecular formula is C15H14Cl2F3N3Si. The number of halogens is 5. The molecular weight excluding hydrogens is 378 g/mol. The number of rotatable bonds is 1. The molecule has 0 fully saturated rings. The predicted molar refractivity (Wildman–Crippen MR) is 93.2 cm³/mol. The zero-order valence-corrected chi connectivity index (χ0v) is 15.6. The van der Waals surface area contributed by atoms with Crippen LogP contribution in [0.4, 0.5) is 19.0 Å². The molecule has 0 atom stereocenters. The molecule has 2 rings (SSSR count). The van der Waals surface area contributed by atoms with Crippen LogP contribution in [0.1, 0.15) is 11.1 Å².